The molecule has 2 bridgehead atoms. The highest BCUT2D eigenvalue weighted by Gasteiger charge is 2.53. The van der Waals surface area contributed by atoms with Crippen LogP contribution in [0.5, 0.6) is 0 Å². The predicted octanol–water partition coefficient (Wildman–Crippen LogP) is 2.51. The first-order valence-electron chi connectivity index (χ1n) is 9.21. The van der Waals surface area contributed by atoms with E-state index in [2.05, 4.69) is 24.1 Å². The molecule has 4 rings (SSSR count). The van der Waals surface area contributed by atoms with Crippen LogP contribution in [-0.2, 0) is 4.74 Å². The molecule has 0 amide bonds. The number of hydrogen-bond acceptors (Lipinski definition) is 3. The SMILES string of the molecule is CC(C)(CNC1CC2CC1C1CCCC21)N1CCOCC1. The van der Waals surface area contributed by atoms with E-state index in [1.807, 2.05) is 0 Å². The maximum Gasteiger partial charge on any atom is 0.0594 e. The van der Waals surface area contributed by atoms with Crippen LogP contribution in [0.2, 0.25) is 0 Å². The van der Waals surface area contributed by atoms with Crippen LogP contribution in [0.25, 0.3) is 0 Å². The molecule has 1 heterocycles. The number of fused-ring (bicyclic) bond motifs is 5. The average Bonchev–Trinajstić information content (AvgIpc) is 3.18. The number of nitrogens with one attached hydrogen (secondary N) is 1. The van der Waals surface area contributed by atoms with E-state index in [1.165, 1.54) is 32.1 Å². The molecule has 0 spiro atoms. The van der Waals surface area contributed by atoms with Crippen molar-refractivity contribution in [2.24, 2.45) is 23.7 Å². The zero-order chi connectivity index (χ0) is 14.4. The van der Waals surface area contributed by atoms with Crippen LogP contribution >= 0.6 is 0 Å². The zero-order valence-corrected chi connectivity index (χ0v) is 13.8. The van der Waals surface area contributed by atoms with E-state index < -0.39 is 0 Å². The Morgan fingerprint density at radius 2 is 1.81 bits per heavy atom. The lowest BCUT2D eigenvalue weighted by Crippen LogP contribution is -2.56. The van der Waals surface area contributed by atoms with Crippen molar-refractivity contribution in [3.63, 3.8) is 0 Å². The Hall–Kier alpha value is -0.120. The summed E-state index contributed by atoms with van der Waals surface area (Å²) >= 11 is 0. The third-order valence-corrected chi connectivity index (χ3v) is 7.09. The molecule has 0 aromatic rings. The number of morpholine rings is 1. The Morgan fingerprint density at radius 1 is 1.05 bits per heavy atom. The van der Waals surface area contributed by atoms with Crippen molar-refractivity contribution in [1.82, 2.24) is 10.2 Å². The van der Waals surface area contributed by atoms with Crippen LogP contribution < -0.4 is 5.32 Å². The van der Waals surface area contributed by atoms with Crippen molar-refractivity contribution < 1.29 is 4.74 Å². The number of nitrogens with zero attached hydrogens (tertiary/aromatic N) is 1. The largest absolute Gasteiger partial charge is 0.379 e. The Morgan fingerprint density at radius 3 is 2.62 bits per heavy atom. The smallest absolute Gasteiger partial charge is 0.0594 e. The van der Waals surface area contributed by atoms with Gasteiger partial charge < -0.3 is 10.1 Å². The molecule has 1 N–H and O–H groups in total. The van der Waals surface area contributed by atoms with Gasteiger partial charge in [0.1, 0.15) is 0 Å². The van der Waals surface area contributed by atoms with E-state index >= 15 is 0 Å². The van der Waals surface area contributed by atoms with Gasteiger partial charge in [-0.1, -0.05) is 6.42 Å². The van der Waals surface area contributed by atoms with Crippen molar-refractivity contribution in [1.29, 1.82) is 0 Å². The molecule has 21 heavy (non-hydrogen) atoms. The first-order chi connectivity index (χ1) is 10.1. The predicted molar refractivity (Wildman–Crippen MR) is 85.3 cm³/mol. The minimum Gasteiger partial charge on any atom is -0.379 e. The highest BCUT2D eigenvalue weighted by Crippen LogP contribution is 2.58. The third-order valence-electron chi connectivity index (χ3n) is 7.09. The lowest BCUT2D eigenvalue weighted by Gasteiger charge is -2.42. The molecule has 3 heteroatoms. The zero-order valence-electron chi connectivity index (χ0n) is 13.8. The summed E-state index contributed by atoms with van der Waals surface area (Å²) in [6.07, 6.45) is 7.57. The molecule has 0 radical (unpaired) electrons. The van der Waals surface area contributed by atoms with Crippen LogP contribution in [0, 0.1) is 23.7 Å². The molecule has 5 atom stereocenters. The van der Waals surface area contributed by atoms with Gasteiger partial charge in [0.05, 0.1) is 13.2 Å². The van der Waals surface area contributed by atoms with E-state index in [-0.39, 0.29) is 5.54 Å². The second-order valence-corrected chi connectivity index (χ2v) is 8.55. The van der Waals surface area contributed by atoms with Crippen molar-refractivity contribution in [3.8, 4) is 0 Å². The fourth-order valence-electron chi connectivity index (χ4n) is 5.96. The van der Waals surface area contributed by atoms with Crippen LogP contribution in [-0.4, -0.2) is 49.3 Å². The molecule has 4 fully saturated rings. The summed E-state index contributed by atoms with van der Waals surface area (Å²) in [6.45, 7) is 9.93. The lowest BCUT2D eigenvalue weighted by molar-refractivity contribution is -0.0113. The first kappa shape index (κ1) is 14.5. The molecule has 1 aliphatic heterocycles. The third kappa shape index (κ3) is 2.55. The summed E-state index contributed by atoms with van der Waals surface area (Å²) in [5.74, 6) is 4.25. The standard InChI is InChI=1S/C18H32N2O/c1-18(2,20-6-8-21-9-7-20)12-19-17-11-13-10-16(17)15-5-3-4-14(13)15/h13-17,19H,3-12H2,1-2H3. The van der Waals surface area contributed by atoms with Gasteiger partial charge in [-0.2, -0.15) is 0 Å². The maximum absolute atomic E-state index is 5.50. The van der Waals surface area contributed by atoms with Crippen LogP contribution in [0.1, 0.15) is 46.0 Å². The molecular formula is C18H32N2O. The molecule has 3 nitrogen and oxygen atoms in total. The second-order valence-electron chi connectivity index (χ2n) is 8.55. The topological polar surface area (TPSA) is 24.5 Å². The fraction of sp³-hybridized carbons (Fsp3) is 1.00. The van der Waals surface area contributed by atoms with E-state index in [1.54, 1.807) is 0 Å². The number of ether oxygens (including phenoxy) is 1. The quantitative estimate of drug-likeness (QED) is 0.861. The van der Waals surface area contributed by atoms with E-state index in [4.69, 9.17) is 4.74 Å². The summed E-state index contributed by atoms with van der Waals surface area (Å²) in [5, 5.41) is 3.98. The van der Waals surface area contributed by atoms with Gasteiger partial charge in [0.2, 0.25) is 0 Å². The van der Waals surface area contributed by atoms with Gasteiger partial charge >= 0.3 is 0 Å². The average molecular weight is 292 g/mol. The molecule has 120 valence electrons. The van der Waals surface area contributed by atoms with Crippen molar-refractivity contribution in [2.75, 3.05) is 32.8 Å². The highest BCUT2D eigenvalue weighted by atomic mass is 16.5. The molecular weight excluding hydrogens is 260 g/mol. The summed E-state index contributed by atoms with van der Waals surface area (Å²) in [7, 11) is 0. The Labute approximate surface area is 129 Å². The summed E-state index contributed by atoms with van der Waals surface area (Å²) in [4.78, 5) is 2.61. The van der Waals surface area contributed by atoms with E-state index in [0.29, 0.717) is 0 Å². The molecule has 0 aromatic carbocycles. The number of hydrogen-bond donors (Lipinski definition) is 1. The molecule has 1 saturated heterocycles. The summed E-state index contributed by atoms with van der Waals surface area (Å²) in [6, 6.07) is 0.815. The maximum atomic E-state index is 5.50. The van der Waals surface area contributed by atoms with Crippen molar-refractivity contribution in [3.05, 3.63) is 0 Å². The number of rotatable bonds is 4. The normalized spacial score (nSPS) is 43.4. The second kappa shape index (κ2) is 5.50. The minimum absolute atomic E-state index is 0.265. The lowest BCUT2D eigenvalue weighted by atomic mass is 9.79. The monoisotopic (exact) mass is 292 g/mol. The summed E-state index contributed by atoms with van der Waals surface area (Å²) < 4.78 is 5.50. The van der Waals surface area contributed by atoms with Crippen LogP contribution in [0.3, 0.4) is 0 Å². The minimum atomic E-state index is 0.265. The first-order valence-corrected chi connectivity index (χ1v) is 9.21. The molecule has 3 aliphatic carbocycles. The van der Waals surface area contributed by atoms with Gasteiger partial charge in [0.15, 0.2) is 0 Å². The van der Waals surface area contributed by atoms with E-state index in [0.717, 1.165) is 62.6 Å². The van der Waals surface area contributed by atoms with Crippen molar-refractivity contribution >= 4 is 0 Å². The molecule has 5 unspecified atom stereocenters. The fourth-order valence-corrected chi connectivity index (χ4v) is 5.96. The summed E-state index contributed by atoms with van der Waals surface area (Å²) in [5.41, 5.74) is 0.265. The van der Waals surface area contributed by atoms with Gasteiger partial charge in [0.25, 0.3) is 0 Å². The Bertz CT molecular complexity index is 377. The highest BCUT2D eigenvalue weighted by molar-refractivity contribution is 5.06. The van der Waals surface area contributed by atoms with Crippen LogP contribution in [0.4, 0.5) is 0 Å². The van der Waals surface area contributed by atoms with Crippen molar-refractivity contribution in [2.45, 2.75) is 57.5 Å². The Balaban J connectivity index is 1.33. The Kier molecular flexibility index (Phi) is 3.79. The molecule has 4 aliphatic rings. The van der Waals surface area contributed by atoms with Crippen LogP contribution in [0.15, 0.2) is 0 Å². The van der Waals surface area contributed by atoms with Gasteiger partial charge in [-0.05, 0) is 63.2 Å². The van der Waals surface area contributed by atoms with Gasteiger partial charge in [-0.3, -0.25) is 4.90 Å². The van der Waals surface area contributed by atoms with Gasteiger partial charge in [0, 0.05) is 31.2 Å². The van der Waals surface area contributed by atoms with E-state index in [9.17, 15) is 0 Å². The van der Waals surface area contributed by atoms with Gasteiger partial charge in [-0.15, -0.1) is 0 Å². The molecule has 3 saturated carbocycles. The van der Waals surface area contributed by atoms with Gasteiger partial charge in [-0.25, -0.2) is 0 Å². The molecule has 0 aromatic heterocycles.